The number of alkyl halides is 3. The zero-order valence-electron chi connectivity index (χ0n) is 21.9. The molecule has 5 rings (SSSR count). The van der Waals surface area contributed by atoms with Crippen LogP contribution >= 0.6 is 0 Å². The number of aromatic nitrogens is 3. The predicted molar refractivity (Wildman–Crippen MR) is 145 cm³/mol. The topological polar surface area (TPSA) is 89.4 Å². The van der Waals surface area contributed by atoms with Gasteiger partial charge < -0.3 is 14.6 Å². The molecule has 2 aromatic heterocycles. The fourth-order valence-corrected chi connectivity index (χ4v) is 5.76. The number of halogens is 3. The van der Waals surface area contributed by atoms with Gasteiger partial charge in [0.15, 0.2) is 0 Å². The maximum Gasteiger partial charge on any atom is 0.417 e. The Morgan fingerprint density at radius 1 is 1.07 bits per heavy atom. The molecule has 0 amide bonds. The molecule has 40 heavy (non-hydrogen) atoms. The Kier molecular flexibility index (Phi) is 7.56. The summed E-state index contributed by atoms with van der Waals surface area (Å²) < 4.78 is 74.6. The molecule has 0 spiro atoms. The second-order valence-electron chi connectivity index (χ2n) is 9.56. The van der Waals surface area contributed by atoms with Crippen LogP contribution in [-0.4, -0.2) is 41.4 Å². The van der Waals surface area contributed by atoms with Gasteiger partial charge in [0.1, 0.15) is 17.4 Å². The van der Waals surface area contributed by atoms with Crippen LogP contribution in [0.4, 0.5) is 24.7 Å². The smallest absolute Gasteiger partial charge is 0.417 e. The Hall–Kier alpha value is -3.90. The molecule has 210 valence electrons. The van der Waals surface area contributed by atoms with E-state index >= 15 is 0 Å². The molecule has 0 bridgehead atoms. The summed E-state index contributed by atoms with van der Waals surface area (Å²) in [6.07, 6.45) is 0.984. The van der Waals surface area contributed by atoms with E-state index in [1.165, 1.54) is 23.5 Å². The molecule has 1 aliphatic heterocycles. The summed E-state index contributed by atoms with van der Waals surface area (Å²) in [5.41, 5.74) is 1.48. The van der Waals surface area contributed by atoms with Gasteiger partial charge in [0.05, 0.1) is 23.3 Å². The number of pyridine rings is 1. The van der Waals surface area contributed by atoms with Crippen LogP contribution in [0.1, 0.15) is 29.8 Å². The standard InChI is InChI=1S/C28H28F3N5O3S/c1-35(17-19-6-9-21(39-2)10-7-19)40(37,38)22-11-12-24(33-26-13-8-20(16-32-26)28(29,30)31)23(15-22)25-18-36-14-4-3-5-27(36)34-25/h6-13,15-16,18H,3-5,14,17H2,1-2H3,(H,32,33). The second-order valence-corrected chi connectivity index (χ2v) is 11.6. The molecule has 1 aliphatic rings. The first-order chi connectivity index (χ1) is 19.0. The lowest BCUT2D eigenvalue weighted by Crippen LogP contribution is -2.26. The fraction of sp³-hybridized carbons (Fsp3) is 0.286. The van der Waals surface area contributed by atoms with Gasteiger partial charge in [0, 0.05) is 50.2 Å². The summed E-state index contributed by atoms with van der Waals surface area (Å²) in [4.78, 5) is 8.73. The van der Waals surface area contributed by atoms with E-state index in [1.54, 1.807) is 43.5 Å². The van der Waals surface area contributed by atoms with Crippen molar-refractivity contribution in [2.75, 3.05) is 19.5 Å². The number of aryl methyl sites for hydroxylation is 2. The quantitative estimate of drug-likeness (QED) is 0.285. The van der Waals surface area contributed by atoms with Crippen molar-refractivity contribution in [1.82, 2.24) is 18.8 Å². The highest BCUT2D eigenvalue weighted by molar-refractivity contribution is 7.89. The van der Waals surface area contributed by atoms with E-state index in [-0.39, 0.29) is 17.3 Å². The first-order valence-corrected chi connectivity index (χ1v) is 14.1. The molecule has 3 heterocycles. The Morgan fingerprint density at radius 2 is 1.85 bits per heavy atom. The number of hydrogen-bond donors (Lipinski definition) is 1. The maximum absolute atomic E-state index is 13.6. The fourth-order valence-electron chi connectivity index (χ4n) is 4.57. The van der Waals surface area contributed by atoms with Crippen molar-refractivity contribution in [1.29, 1.82) is 0 Å². The Balaban J connectivity index is 1.49. The van der Waals surface area contributed by atoms with E-state index in [0.717, 1.165) is 49.5 Å². The van der Waals surface area contributed by atoms with Gasteiger partial charge in [0.2, 0.25) is 10.0 Å². The highest BCUT2D eigenvalue weighted by atomic mass is 32.2. The lowest BCUT2D eigenvalue weighted by Gasteiger charge is -2.19. The lowest BCUT2D eigenvalue weighted by molar-refractivity contribution is -0.137. The summed E-state index contributed by atoms with van der Waals surface area (Å²) >= 11 is 0. The van der Waals surface area contributed by atoms with Crippen molar-refractivity contribution >= 4 is 21.5 Å². The largest absolute Gasteiger partial charge is 0.497 e. The van der Waals surface area contributed by atoms with Gasteiger partial charge in [-0.1, -0.05) is 12.1 Å². The van der Waals surface area contributed by atoms with Crippen molar-refractivity contribution in [3.05, 3.63) is 83.9 Å². The Bertz CT molecular complexity index is 1580. The zero-order chi connectivity index (χ0) is 28.5. The number of hydrogen-bond acceptors (Lipinski definition) is 6. The monoisotopic (exact) mass is 571 g/mol. The highest BCUT2D eigenvalue weighted by Gasteiger charge is 2.31. The lowest BCUT2D eigenvalue weighted by atomic mass is 10.1. The van der Waals surface area contributed by atoms with E-state index in [9.17, 15) is 21.6 Å². The van der Waals surface area contributed by atoms with Crippen LogP contribution in [0.2, 0.25) is 0 Å². The number of ether oxygens (including phenoxy) is 1. The van der Waals surface area contributed by atoms with Crippen molar-refractivity contribution < 1.29 is 26.3 Å². The number of sulfonamides is 1. The molecule has 8 nitrogen and oxygen atoms in total. The molecular weight excluding hydrogens is 543 g/mol. The van der Waals surface area contributed by atoms with Crippen LogP contribution in [0.3, 0.4) is 0 Å². The maximum atomic E-state index is 13.6. The van der Waals surface area contributed by atoms with Gasteiger partial charge in [-0.15, -0.1) is 0 Å². The highest BCUT2D eigenvalue weighted by Crippen LogP contribution is 2.35. The van der Waals surface area contributed by atoms with Gasteiger partial charge in [-0.3, -0.25) is 0 Å². The summed E-state index contributed by atoms with van der Waals surface area (Å²) in [5, 5.41) is 3.04. The second kappa shape index (κ2) is 10.9. The van der Waals surface area contributed by atoms with Gasteiger partial charge in [-0.05, 0) is 60.9 Å². The van der Waals surface area contributed by atoms with Crippen molar-refractivity contribution in [3.63, 3.8) is 0 Å². The molecule has 0 aliphatic carbocycles. The molecular formula is C28H28F3N5O3S. The summed E-state index contributed by atoms with van der Waals surface area (Å²) in [6, 6.07) is 13.9. The van der Waals surface area contributed by atoms with Crippen molar-refractivity contribution in [2.45, 2.75) is 43.4 Å². The number of methoxy groups -OCH3 is 1. The normalized spacial score (nSPS) is 13.8. The number of anilines is 2. The number of fused-ring (bicyclic) bond motifs is 1. The minimum absolute atomic E-state index is 0.0652. The number of imidazole rings is 1. The van der Waals surface area contributed by atoms with E-state index in [4.69, 9.17) is 9.72 Å². The Morgan fingerprint density at radius 3 is 2.50 bits per heavy atom. The molecule has 0 atom stereocenters. The zero-order valence-corrected chi connectivity index (χ0v) is 22.8. The molecule has 0 radical (unpaired) electrons. The number of nitrogens with zero attached hydrogens (tertiary/aromatic N) is 4. The molecule has 1 N–H and O–H groups in total. The van der Waals surface area contributed by atoms with Gasteiger partial charge in [-0.25, -0.2) is 18.4 Å². The molecule has 0 saturated heterocycles. The summed E-state index contributed by atoms with van der Waals surface area (Å²) in [6.45, 7) is 0.962. The molecule has 0 unspecified atom stereocenters. The minimum atomic E-state index is -4.50. The van der Waals surface area contributed by atoms with E-state index in [1.807, 2.05) is 6.20 Å². The van der Waals surface area contributed by atoms with E-state index < -0.39 is 21.8 Å². The van der Waals surface area contributed by atoms with Crippen molar-refractivity contribution in [2.24, 2.45) is 0 Å². The first kappa shape index (κ1) is 27.7. The number of rotatable bonds is 8. The van der Waals surface area contributed by atoms with Gasteiger partial charge in [-0.2, -0.15) is 17.5 Å². The third-order valence-electron chi connectivity index (χ3n) is 6.80. The number of benzene rings is 2. The number of nitrogens with one attached hydrogen (secondary N) is 1. The average Bonchev–Trinajstić information content (AvgIpc) is 3.37. The third-order valence-corrected chi connectivity index (χ3v) is 8.60. The predicted octanol–water partition coefficient (Wildman–Crippen LogP) is 5.87. The SMILES string of the molecule is COc1ccc(CN(C)S(=O)(=O)c2ccc(Nc3ccc(C(F)(F)F)cn3)c(-c3cn4c(n3)CCCC4)c2)cc1. The summed E-state index contributed by atoms with van der Waals surface area (Å²) in [5.74, 6) is 1.77. The van der Waals surface area contributed by atoms with Gasteiger partial charge in [0.25, 0.3) is 0 Å². The third kappa shape index (κ3) is 5.82. The van der Waals surface area contributed by atoms with Crippen LogP contribution in [0.25, 0.3) is 11.3 Å². The van der Waals surface area contributed by atoms with E-state index in [2.05, 4.69) is 14.9 Å². The van der Waals surface area contributed by atoms with Crippen LogP contribution in [0, 0.1) is 0 Å². The van der Waals surface area contributed by atoms with Crippen LogP contribution in [0.15, 0.2) is 71.9 Å². The molecule has 0 fully saturated rings. The molecule has 4 aromatic rings. The van der Waals surface area contributed by atoms with Crippen LogP contribution in [-0.2, 0) is 35.7 Å². The van der Waals surface area contributed by atoms with Crippen LogP contribution in [0.5, 0.6) is 5.75 Å². The minimum Gasteiger partial charge on any atom is -0.497 e. The molecule has 12 heteroatoms. The Labute approximate surface area is 230 Å². The first-order valence-electron chi connectivity index (χ1n) is 12.6. The molecule has 2 aromatic carbocycles. The van der Waals surface area contributed by atoms with Gasteiger partial charge >= 0.3 is 6.18 Å². The van der Waals surface area contributed by atoms with E-state index in [0.29, 0.717) is 22.7 Å². The average molecular weight is 572 g/mol. The van der Waals surface area contributed by atoms with Crippen molar-refractivity contribution in [3.8, 4) is 17.0 Å². The van der Waals surface area contributed by atoms with Crippen LogP contribution < -0.4 is 10.1 Å². The summed E-state index contributed by atoms with van der Waals surface area (Å²) in [7, 11) is -0.830. The molecule has 0 saturated carbocycles.